The van der Waals surface area contributed by atoms with E-state index in [0.717, 1.165) is 16.7 Å². The molecule has 0 radical (unpaired) electrons. The molecule has 0 aliphatic heterocycles. The van der Waals surface area contributed by atoms with Crippen LogP contribution in [0.3, 0.4) is 0 Å². The fraction of sp³-hybridized carbons (Fsp3) is 0.385. The molecule has 1 aromatic heterocycles. The summed E-state index contributed by atoms with van der Waals surface area (Å²) in [7, 11) is 0. The number of aromatic nitrogens is 1. The Bertz CT molecular complexity index is 547. The summed E-state index contributed by atoms with van der Waals surface area (Å²) in [4.78, 5) is 11.3. The van der Waals surface area contributed by atoms with Crippen LogP contribution in [0.4, 0.5) is 0 Å². The Morgan fingerprint density at radius 1 is 1.31 bits per heavy atom. The summed E-state index contributed by atoms with van der Waals surface area (Å²) in [6, 6.07) is 5.42. The summed E-state index contributed by atoms with van der Waals surface area (Å²) in [5.41, 5.74) is 2.24. The van der Waals surface area contributed by atoms with E-state index in [1.54, 1.807) is 19.1 Å². The monoisotopic (exact) mass is 217 g/mol. The number of benzene rings is 1. The van der Waals surface area contributed by atoms with Crippen LogP contribution in [0.2, 0.25) is 0 Å². The van der Waals surface area contributed by atoms with Gasteiger partial charge in [0.25, 0.3) is 0 Å². The van der Waals surface area contributed by atoms with E-state index in [1.807, 2.05) is 6.07 Å². The lowest BCUT2D eigenvalue weighted by atomic mass is 9.89. The van der Waals surface area contributed by atoms with Crippen LogP contribution in [-0.4, -0.2) is 10.9 Å². The molecule has 0 aliphatic carbocycles. The number of ketones is 1. The first kappa shape index (κ1) is 10.9. The van der Waals surface area contributed by atoms with Crippen LogP contribution >= 0.6 is 0 Å². The molecule has 2 rings (SSSR count). The van der Waals surface area contributed by atoms with Gasteiger partial charge in [-0.1, -0.05) is 25.9 Å². The molecule has 2 aromatic rings. The molecular weight excluding hydrogens is 202 g/mol. The minimum absolute atomic E-state index is 0.0583. The van der Waals surface area contributed by atoms with Crippen LogP contribution in [-0.2, 0) is 5.41 Å². The molecule has 16 heavy (non-hydrogen) atoms. The van der Waals surface area contributed by atoms with Gasteiger partial charge in [-0.05, 0) is 25.1 Å². The summed E-state index contributed by atoms with van der Waals surface area (Å²) in [5, 5.41) is 5.01. The van der Waals surface area contributed by atoms with Gasteiger partial charge in [0.05, 0.1) is 5.69 Å². The normalized spacial score (nSPS) is 12.0. The maximum atomic E-state index is 11.3. The average molecular weight is 217 g/mol. The summed E-state index contributed by atoms with van der Waals surface area (Å²) in [5.74, 6) is 0.0583. The van der Waals surface area contributed by atoms with E-state index in [9.17, 15) is 4.79 Å². The molecular formula is C13H15NO2. The molecule has 0 unspecified atom stereocenters. The van der Waals surface area contributed by atoms with Gasteiger partial charge in [-0.2, -0.15) is 0 Å². The first-order valence-corrected chi connectivity index (χ1v) is 5.30. The van der Waals surface area contributed by atoms with Crippen LogP contribution in [0.25, 0.3) is 11.0 Å². The number of nitrogens with zero attached hydrogens (tertiary/aromatic N) is 1. The second-order valence-electron chi connectivity index (χ2n) is 5.05. The number of carbonyl (C=O) groups is 1. The highest BCUT2D eigenvalue weighted by atomic mass is 16.5. The molecule has 0 fully saturated rings. The Hall–Kier alpha value is -1.64. The second-order valence-corrected chi connectivity index (χ2v) is 5.05. The summed E-state index contributed by atoms with van der Waals surface area (Å²) < 4.78 is 5.25. The van der Waals surface area contributed by atoms with E-state index < -0.39 is 0 Å². The number of Topliss-reactive ketones (excluding diaryl/α,β-unsaturated/α-hetero) is 1. The first-order chi connectivity index (χ1) is 7.39. The molecule has 0 saturated carbocycles. The zero-order chi connectivity index (χ0) is 11.9. The van der Waals surface area contributed by atoms with E-state index in [0.29, 0.717) is 5.56 Å². The van der Waals surface area contributed by atoms with Crippen molar-refractivity contribution in [2.75, 3.05) is 0 Å². The molecule has 0 aliphatic rings. The number of hydrogen-bond donors (Lipinski definition) is 0. The summed E-state index contributed by atoms with van der Waals surface area (Å²) in [6.45, 7) is 7.78. The van der Waals surface area contributed by atoms with E-state index >= 15 is 0 Å². The maximum Gasteiger partial charge on any atom is 0.167 e. The summed E-state index contributed by atoms with van der Waals surface area (Å²) >= 11 is 0. The summed E-state index contributed by atoms with van der Waals surface area (Å²) in [6.07, 6.45) is 0. The van der Waals surface area contributed by atoms with E-state index in [2.05, 4.69) is 25.9 Å². The molecule has 1 heterocycles. The van der Waals surface area contributed by atoms with Gasteiger partial charge in [-0.25, -0.2) is 0 Å². The van der Waals surface area contributed by atoms with Gasteiger partial charge in [0.15, 0.2) is 11.4 Å². The van der Waals surface area contributed by atoms with Crippen molar-refractivity contribution in [3.05, 3.63) is 29.5 Å². The zero-order valence-corrected chi connectivity index (χ0v) is 10.00. The lowest BCUT2D eigenvalue weighted by molar-refractivity contribution is 0.101. The molecule has 1 aromatic carbocycles. The number of rotatable bonds is 1. The maximum absolute atomic E-state index is 11.3. The van der Waals surface area contributed by atoms with Crippen molar-refractivity contribution in [2.45, 2.75) is 33.1 Å². The minimum Gasteiger partial charge on any atom is -0.356 e. The van der Waals surface area contributed by atoms with Gasteiger partial charge in [0, 0.05) is 16.4 Å². The first-order valence-electron chi connectivity index (χ1n) is 5.30. The molecule has 0 amide bonds. The van der Waals surface area contributed by atoms with Gasteiger partial charge in [-0.3, -0.25) is 4.79 Å². The smallest absolute Gasteiger partial charge is 0.167 e. The quantitative estimate of drug-likeness (QED) is 0.688. The third-order valence-corrected chi connectivity index (χ3v) is 2.59. The molecule has 0 saturated heterocycles. The lowest BCUT2D eigenvalue weighted by Gasteiger charge is -2.14. The Morgan fingerprint density at radius 2 is 2.00 bits per heavy atom. The third-order valence-electron chi connectivity index (χ3n) is 2.59. The Labute approximate surface area is 94.4 Å². The topological polar surface area (TPSA) is 43.1 Å². The fourth-order valence-electron chi connectivity index (χ4n) is 1.70. The highest BCUT2D eigenvalue weighted by molar-refractivity contribution is 5.98. The standard InChI is InChI=1S/C13H15NO2/c1-8(15)9-5-6-11-10(7-9)12(14-16-11)13(2,3)4/h5-7H,1-4H3. The molecule has 0 bridgehead atoms. The van der Waals surface area contributed by atoms with Crippen molar-refractivity contribution in [3.63, 3.8) is 0 Å². The molecule has 0 spiro atoms. The minimum atomic E-state index is -0.0827. The van der Waals surface area contributed by atoms with Crippen molar-refractivity contribution >= 4 is 16.8 Å². The Morgan fingerprint density at radius 3 is 2.56 bits per heavy atom. The van der Waals surface area contributed by atoms with Crippen LogP contribution in [0.1, 0.15) is 43.7 Å². The van der Waals surface area contributed by atoms with Crippen molar-refractivity contribution in [2.24, 2.45) is 0 Å². The van der Waals surface area contributed by atoms with Gasteiger partial charge < -0.3 is 4.52 Å². The van der Waals surface area contributed by atoms with Gasteiger partial charge >= 0.3 is 0 Å². The highest BCUT2D eigenvalue weighted by Crippen LogP contribution is 2.29. The van der Waals surface area contributed by atoms with Gasteiger partial charge in [0.2, 0.25) is 0 Å². The highest BCUT2D eigenvalue weighted by Gasteiger charge is 2.22. The predicted octanol–water partition coefficient (Wildman–Crippen LogP) is 3.33. The van der Waals surface area contributed by atoms with E-state index in [4.69, 9.17) is 4.52 Å². The third kappa shape index (κ3) is 1.73. The van der Waals surface area contributed by atoms with Crippen LogP contribution < -0.4 is 0 Å². The Balaban J connectivity index is 2.70. The average Bonchev–Trinajstić information content (AvgIpc) is 2.58. The second kappa shape index (κ2) is 3.44. The van der Waals surface area contributed by atoms with Crippen molar-refractivity contribution in [1.82, 2.24) is 5.16 Å². The zero-order valence-electron chi connectivity index (χ0n) is 10.00. The molecule has 84 valence electrons. The van der Waals surface area contributed by atoms with Crippen LogP contribution in [0.15, 0.2) is 22.7 Å². The van der Waals surface area contributed by atoms with Gasteiger partial charge in [0.1, 0.15) is 0 Å². The number of fused-ring (bicyclic) bond motifs is 1. The molecule has 0 atom stereocenters. The predicted molar refractivity (Wildman–Crippen MR) is 62.7 cm³/mol. The van der Waals surface area contributed by atoms with Crippen LogP contribution in [0, 0.1) is 0 Å². The molecule has 3 nitrogen and oxygen atoms in total. The lowest BCUT2D eigenvalue weighted by Crippen LogP contribution is -2.11. The Kier molecular flexibility index (Phi) is 2.34. The fourth-order valence-corrected chi connectivity index (χ4v) is 1.70. The SMILES string of the molecule is CC(=O)c1ccc2onc(C(C)(C)C)c2c1. The van der Waals surface area contributed by atoms with E-state index in [-0.39, 0.29) is 11.2 Å². The molecule has 0 N–H and O–H groups in total. The van der Waals surface area contributed by atoms with Crippen LogP contribution in [0.5, 0.6) is 0 Å². The largest absolute Gasteiger partial charge is 0.356 e. The van der Waals surface area contributed by atoms with Crippen molar-refractivity contribution < 1.29 is 9.32 Å². The number of hydrogen-bond acceptors (Lipinski definition) is 3. The van der Waals surface area contributed by atoms with Crippen molar-refractivity contribution in [3.8, 4) is 0 Å². The molecule has 3 heteroatoms. The number of carbonyl (C=O) groups excluding carboxylic acids is 1. The van der Waals surface area contributed by atoms with Gasteiger partial charge in [-0.15, -0.1) is 0 Å². The van der Waals surface area contributed by atoms with E-state index in [1.165, 1.54) is 0 Å². The van der Waals surface area contributed by atoms with Crippen molar-refractivity contribution in [1.29, 1.82) is 0 Å².